The first-order chi connectivity index (χ1) is 14.5. The third kappa shape index (κ3) is 3.81. The van der Waals surface area contributed by atoms with Crippen LogP contribution in [-0.2, 0) is 17.8 Å². The molecule has 1 aliphatic rings. The number of fused-ring (bicyclic) bond motifs is 2. The van der Waals surface area contributed by atoms with Crippen LogP contribution in [0, 0.1) is 6.92 Å². The fraction of sp³-hybridized carbons (Fsp3) is 0.391. The molecule has 158 valence electrons. The molecule has 3 heterocycles. The Labute approximate surface area is 179 Å². The molecule has 1 N–H and O–H groups in total. The Kier molecular flexibility index (Phi) is 5.81. The van der Waals surface area contributed by atoms with Crippen LogP contribution in [-0.4, -0.2) is 36.4 Å². The first kappa shape index (κ1) is 20.5. The van der Waals surface area contributed by atoms with E-state index < -0.39 is 6.04 Å². The zero-order chi connectivity index (χ0) is 21.3. The summed E-state index contributed by atoms with van der Waals surface area (Å²) >= 11 is 1.74. The number of carbonyl (C=O) groups excluding carboxylic acids is 2. The molecule has 0 fully saturated rings. The maximum absolute atomic E-state index is 13.2. The van der Waals surface area contributed by atoms with Crippen molar-refractivity contribution in [1.82, 2.24) is 10.2 Å². The van der Waals surface area contributed by atoms with Crippen LogP contribution in [0.2, 0.25) is 0 Å². The van der Waals surface area contributed by atoms with E-state index >= 15 is 0 Å². The van der Waals surface area contributed by atoms with Gasteiger partial charge in [-0.05, 0) is 55.0 Å². The fourth-order valence-electron chi connectivity index (χ4n) is 3.97. The third-order valence-corrected chi connectivity index (χ3v) is 6.67. The number of carbonyl (C=O) groups is 2. The summed E-state index contributed by atoms with van der Waals surface area (Å²) in [6, 6.07) is 6.96. The molecular weight excluding hydrogens is 400 g/mol. The Morgan fingerprint density at radius 3 is 2.93 bits per heavy atom. The highest BCUT2D eigenvalue weighted by atomic mass is 32.1. The minimum absolute atomic E-state index is 0.0301. The molecule has 0 aliphatic carbocycles. The second kappa shape index (κ2) is 8.52. The second-order valence-corrected chi connectivity index (χ2v) is 8.61. The summed E-state index contributed by atoms with van der Waals surface area (Å²) in [5.41, 5.74) is 2.58. The molecule has 0 saturated heterocycles. The van der Waals surface area contributed by atoms with Crippen LogP contribution >= 0.6 is 11.3 Å². The minimum Gasteiger partial charge on any atom is -0.497 e. The number of amides is 2. The van der Waals surface area contributed by atoms with Crippen molar-refractivity contribution in [1.29, 1.82) is 0 Å². The first-order valence-electron chi connectivity index (χ1n) is 10.2. The van der Waals surface area contributed by atoms with Crippen LogP contribution in [0.25, 0.3) is 11.0 Å². The van der Waals surface area contributed by atoms with Crippen molar-refractivity contribution in [3.8, 4) is 5.75 Å². The van der Waals surface area contributed by atoms with E-state index in [1.807, 2.05) is 24.8 Å². The van der Waals surface area contributed by atoms with Gasteiger partial charge in [-0.1, -0.05) is 13.3 Å². The van der Waals surface area contributed by atoms with Crippen molar-refractivity contribution in [2.45, 2.75) is 45.7 Å². The molecule has 1 atom stereocenters. The Morgan fingerprint density at radius 2 is 2.17 bits per heavy atom. The van der Waals surface area contributed by atoms with Crippen molar-refractivity contribution < 1.29 is 18.7 Å². The highest BCUT2D eigenvalue weighted by Crippen LogP contribution is 2.29. The summed E-state index contributed by atoms with van der Waals surface area (Å²) in [6.07, 6.45) is 2.26. The lowest BCUT2D eigenvalue weighted by atomic mass is 10.1. The van der Waals surface area contributed by atoms with Gasteiger partial charge < -0.3 is 19.4 Å². The lowest BCUT2D eigenvalue weighted by Crippen LogP contribution is -2.49. The fourth-order valence-corrected chi connectivity index (χ4v) is 4.86. The first-order valence-corrected chi connectivity index (χ1v) is 11.1. The third-order valence-electron chi connectivity index (χ3n) is 5.65. The van der Waals surface area contributed by atoms with Gasteiger partial charge in [0, 0.05) is 28.9 Å². The maximum atomic E-state index is 13.2. The van der Waals surface area contributed by atoms with E-state index in [0.29, 0.717) is 30.8 Å². The zero-order valence-electron chi connectivity index (χ0n) is 17.5. The van der Waals surface area contributed by atoms with Gasteiger partial charge >= 0.3 is 0 Å². The number of thiophene rings is 1. The molecule has 3 aromatic rings. The number of rotatable bonds is 6. The normalized spacial score (nSPS) is 14.4. The van der Waals surface area contributed by atoms with Crippen LogP contribution in [0.15, 0.2) is 34.1 Å². The molecule has 4 rings (SSSR count). The van der Waals surface area contributed by atoms with E-state index in [-0.39, 0.29) is 17.6 Å². The predicted molar refractivity (Wildman–Crippen MR) is 117 cm³/mol. The molecule has 0 radical (unpaired) electrons. The smallest absolute Gasteiger partial charge is 0.287 e. The van der Waals surface area contributed by atoms with E-state index in [1.54, 1.807) is 30.6 Å². The number of hydrogen-bond acceptors (Lipinski definition) is 5. The molecule has 0 saturated carbocycles. The predicted octanol–water partition coefficient (Wildman–Crippen LogP) is 4.29. The van der Waals surface area contributed by atoms with E-state index in [9.17, 15) is 9.59 Å². The molecule has 1 unspecified atom stereocenters. The standard InChI is InChI=1S/C23H26N2O4S/c1-4-5-18(23(27)25-10-8-20-15(13-25)9-11-30-20)24-22(26)21-14(2)17-12-16(28-3)6-7-19(17)29-21/h6-7,9,11-12,18H,4-5,8,10,13H2,1-3H3,(H,24,26). The quantitative estimate of drug-likeness (QED) is 0.638. The number of methoxy groups -OCH3 is 1. The van der Waals surface area contributed by atoms with Gasteiger partial charge in [-0.25, -0.2) is 0 Å². The van der Waals surface area contributed by atoms with Gasteiger partial charge in [-0.2, -0.15) is 0 Å². The average molecular weight is 427 g/mol. The van der Waals surface area contributed by atoms with Crippen molar-refractivity contribution in [3.63, 3.8) is 0 Å². The van der Waals surface area contributed by atoms with Crippen LogP contribution < -0.4 is 10.1 Å². The van der Waals surface area contributed by atoms with Gasteiger partial charge in [-0.15, -0.1) is 11.3 Å². The van der Waals surface area contributed by atoms with Gasteiger partial charge in [0.25, 0.3) is 5.91 Å². The zero-order valence-corrected chi connectivity index (χ0v) is 18.3. The highest BCUT2D eigenvalue weighted by molar-refractivity contribution is 7.10. The second-order valence-electron chi connectivity index (χ2n) is 7.61. The molecule has 0 bridgehead atoms. The molecule has 1 aliphatic heterocycles. The van der Waals surface area contributed by atoms with Crippen molar-refractivity contribution >= 4 is 34.1 Å². The largest absolute Gasteiger partial charge is 0.497 e. The summed E-state index contributed by atoms with van der Waals surface area (Å²) in [5.74, 6) is 0.557. The summed E-state index contributed by atoms with van der Waals surface area (Å²) in [4.78, 5) is 29.4. The molecule has 2 aromatic heterocycles. The number of aryl methyl sites for hydroxylation is 1. The van der Waals surface area contributed by atoms with Crippen molar-refractivity contribution in [2.75, 3.05) is 13.7 Å². The van der Waals surface area contributed by atoms with E-state index in [0.717, 1.165) is 23.8 Å². The summed E-state index contributed by atoms with van der Waals surface area (Å²) < 4.78 is 11.1. The average Bonchev–Trinajstić information content (AvgIpc) is 3.36. The number of furan rings is 1. The molecule has 30 heavy (non-hydrogen) atoms. The van der Waals surface area contributed by atoms with Gasteiger partial charge in [0.05, 0.1) is 7.11 Å². The number of benzene rings is 1. The molecule has 6 nitrogen and oxygen atoms in total. The van der Waals surface area contributed by atoms with Crippen LogP contribution in [0.3, 0.4) is 0 Å². The number of hydrogen-bond donors (Lipinski definition) is 1. The Morgan fingerprint density at radius 1 is 1.33 bits per heavy atom. The summed E-state index contributed by atoms with van der Waals surface area (Å²) in [7, 11) is 1.60. The van der Waals surface area contributed by atoms with Crippen LogP contribution in [0.5, 0.6) is 5.75 Å². The SMILES string of the molecule is CCCC(NC(=O)c1oc2ccc(OC)cc2c1C)C(=O)N1CCc2sccc2C1. The number of nitrogens with zero attached hydrogens (tertiary/aromatic N) is 1. The Bertz CT molecular complexity index is 1080. The molecule has 1 aromatic carbocycles. The Balaban J connectivity index is 1.53. The van der Waals surface area contributed by atoms with Gasteiger partial charge in [0.15, 0.2) is 5.76 Å². The lowest BCUT2D eigenvalue weighted by molar-refractivity contribution is -0.134. The van der Waals surface area contributed by atoms with E-state index in [1.165, 1.54) is 10.4 Å². The molecule has 2 amide bonds. The minimum atomic E-state index is -0.565. The lowest BCUT2D eigenvalue weighted by Gasteiger charge is -2.30. The van der Waals surface area contributed by atoms with E-state index in [4.69, 9.17) is 9.15 Å². The van der Waals surface area contributed by atoms with Crippen LogP contribution in [0.1, 0.15) is 46.3 Å². The van der Waals surface area contributed by atoms with Crippen LogP contribution in [0.4, 0.5) is 0 Å². The summed E-state index contributed by atoms with van der Waals surface area (Å²) in [5, 5.41) is 5.83. The molecular formula is C23H26N2O4S. The maximum Gasteiger partial charge on any atom is 0.287 e. The van der Waals surface area contributed by atoms with Gasteiger partial charge in [-0.3, -0.25) is 9.59 Å². The van der Waals surface area contributed by atoms with E-state index in [2.05, 4.69) is 16.8 Å². The number of nitrogens with one attached hydrogen (secondary N) is 1. The van der Waals surface area contributed by atoms with Gasteiger partial charge in [0.1, 0.15) is 17.4 Å². The van der Waals surface area contributed by atoms with Gasteiger partial charge in [0.2, 0.25) is 5.91 Å². The molecule has 0 spiro atoms. The molecule has 7 heteroatoms. The monoisotopic (exact) mass is 426 g/mol. The van der Waals surface area contributed by atoms with Crippen molar-refractivity contribution in [2.24, 2.45) is 0 Å². The topological polar surface area (TPSA) is 71.8 Å². The van der Waals surface area contributed by atoms with Crippen molar-refractivity contribution in [3.05, 3.63) is 51.4 Å². The Hall–Kier alpha value is -2.80. The highest BCUT2D eigenvalue weighted by Gasteiger charge is 2.30. The summed E-state index contributed by atoms with van der Waals surface area (Å²) in [6.45, 7) is 5.15. The number of ether oxygens (including phenoxy) is 1.